The summed E-state index contributed by atoms with van der Waals surface area (Å²) < 4.78 is 5.86. The first-order valence-electron chi connectivity index (χ1n) is 11.0. The number of piperidine rings is 1. The van der Waals surface area contributed by atoms with Gasteiger partial charge in [-0.3, -0.25) is 4.90 Å². The van der Waals surface area contributed by atoms with Crippen LogP contribution in [0.5, 0.6) is 11.5 Å². The summed E-state index contributed by atoms with van der Waals surface area (Å²) in [5.41, 5.74) is 9.29. The van der Waals surface area contributed by atoms with Crippen molar-refractivity contribution in [3.63, 3.8) is 0 Å². The standard InChI is InChI=1S/C26H30N4O2/c27-26(29-22-5-4-8-25(17-22)32-24-6-2-1-3-7-24)28-18-20-9-11-21(12-10-20)19-30-15-13-23(31)14-16-30/h1-12,17,23,31H,13-16,18-19H2,(H3,27,28,29). The number of guanidine groups is 1. The fraction of sp³-hybridized carbons (Fsp3) is 0.269. The number of hydrogen-bond acceptors (Lipinski definition) is 4. The van der Waals surface area contributed by atoms with Crippen molar-refractivity contribution in [1.29, 1.82) is 0 Å². The lowest BCUT2D eigenvalue weighted by Gasteiger charge is -2.29. The lowest BCUT2D eigenvalue weighted by molar-refractivity contribution is 0.0792. The highest BCUT2D eigenvalue weighted by Gasteiger charge is 2.16. The van der Waals surface area contributed by atoms with Gasteiger partial charge >= 0.3 is 0 Å². The van der Waals surface area contributed by atoms with Crippen molar-refractivity contribution in [2.24, 2.45) is 10.7 Å². The molecule has 0 atom stereocenters. The molecule has 3 aromatic rings. The Kier molecular flexibility index (Phi) is 7.38. The Labute approximate surface area is 189 Å². The van der Waals surface area contributed by atoms with Crippen LogP contribution in [0, 0.1) is 0 Å². The first-order chi connectivity index (χ1) is 15.6. The maximum absolute atomic E-state index is 9.64. The predicted octanol–water partition coefficient (Wildman–Crippen LogP) is 4.36. The molecule has 6 nitrogen and oxygen atoms in total. The molecule has 3 aromatic carbocycles. The van der Waals surface area contributed by atoms with E-state index in [1.807, 2.05) is 54.6 Å². The van der Waals surface area contributed by atoms with Crippen LogP contribution in [-0.2, 0) is 13.1 Å². The van der Waals surface area contributed by atoms with Gasteiger partial charge in [-0.05, 0) is 48.2 Å². The molecule has 0 unspecified atom stereocenters. The maximum atomic E-state index is 9.64. The van der Waals surface area contributed by atoms with E-state index in [4.69, 9.17) is 10.5 Å². The number of rotatable bonds is 7. The predicted molar refractivity (Wildman–Crippen MR) is 129 cm³/mol. The summed E-state index contributed by atoms with van der Waals surface area (Å²) in [7, 11) is 0. The van der Waals surface area contributed by atoms with Gasteiger partial charge in [0, 0.05) is 31.4 Å². The number of nitrogens with one attached hydrogen (secondary N) is 1. The fourth-order valence-corrected chi connectivity index (χ4v) is 3.71. The minimum Gasteiger partial charge on any atom is -0.457 e. The highest BCUT2D eigenvalue weighted by atomic mass is 16.5. The van der Waals surface area contributed by atoms with Crippen LogP contribution in [0.2, 0.25) is 0 Å². The molecule has 0 saturated carbocycles. The molecule has 1 aliphatic rings. The quantitative estimate of drug-likeness (QED) is 0.383. The van der Waals surface area contributed by atoms with Gasteiger partial charge < -0.3 is 20.9 Å². The van der Waals surface area contributed by atoms with Gasteiger partial charge in [0.25, 0.3) is 0 Å². The van der Waals surface area contributed by atoms with Crippen molar-refractivity contribution >= 4 is 11.6 Å². The Morgan fingerprint density at radius 2 is 1.62 bits per heavy atom. The number of likely N-dealkylation sites (tertiary alicyclic amines) is 1. The Balaban J connectivity index is 1.28. The molecule has 166 valence electrons. The second-order valence-electron chi connectivity index (χ2n) is 8.09. The Bertz CT molecular complexity index is 1010. The molecule has 4 rings (SSSR count). The van der Waals surface area contributed by atoms with Crippen molar-refractivity contribution < 1.29 is 9.84 Å². The average molecular weight is 431 g/mol. The first-order valence-corrected chi connectivity index (χ1v) is 11.0. The molecule has 6 heteroatoms. The van der Waals surface area contributed by atoms with E-state index in [-0.39, 0.29) is 6.10 Å². The zero-order valence-corrected chi connectivity index (χ0v) is 18.2. The van der Waals surface area contributed by atoms with Gasteiger partial charge in [0.15, 0.2) is 5.96 Å². The molecule has 4 N–H and O–H groups in total. The molecule has 0 aromatic heterocycles. The van der Waals surface area contributed by atoms with Crippen molar-refractivity contribution in [3.8, 4) is 11.5 Å². The van der Waals surface area contributed by atoms with Crippen molar-refractivity contribution in [2.45, 2.75) is 32.0 Å². The zero-order valence-electron chi connectivity index (χ0n) is 18.2. The zero-order chi connectivity index (χ0) is 22.2. The van der Waals surface area contributed by atoms with Gasteiger partial charge in [-0.2, -0.15) is 0 Å². The first kappa shape index (κ1) is 21.9. The van der Waals surface area contributed by atoms with Crippen LogP contribution in [0.3, 0.4) is 0 Å². The van der Waals surface area contributed by atoms with Crippen LogP contribution in [0.4, 0.5) is 5.69 Å². The topological polar surface area (TPSA) is 83.1 Å². The van der Waals surface area contributed by atoms with Crippen LogP contribution in [0.25, 0.3) is 0 Å². The number of para-hydroxylation sites is 1. The number of aliphatic imine (C=N–C) groups is 1. The Morgan fingerprint density at radius 1 is 0.938 bits per heavy atom. The number of hydrogen-bond donors (Lipinski definition) is 3. The van der Waals surface area contributed by atoms with Crippen LogP contribution in [-0.4, -0.2) is 35.2 Å². The Hall–Kier alpha value is -3.35. The number of nitrogens with two attached hydrogens (primary N) is 1. The molecular formula is C26H30N4O2. The number of anilines is 1. The van der Waals surface area contributed by atoms with Gasteiger partial charge in [-0.25, -0.2) is 4.99 Å². The Morgan fingerprint density at radius 3 is 2.38 bits per heavy atom. The van der Waals surface area contributed by atoms with Gasteiger partial charge in [-0.15, -0.1) is 0 Å². The SMILES string of the molecule is NC(=NCc1ccc(CN2CCC(O)CC2)cc1)Nc1cccc(Oc2ccccc2)c1. The summed E-state index contributed by atoms with van der Waals surface area (Å²) >= 11 is 0. The molecule has 0 amide bonds. The summed E-state index contributed by atoms with van der Waals surface area (Å²) in [4.78, 5) is 6.85. The van der Waals surface area contributed by atoms with Crippen LogP contribution < -0.4 is 15.8 Å². The smallest absolute Gasteiger partial charge is 0.193 e. The molecule has 1 heterocycles. The average Bonchev–Trinajstić information content (AvgIpc) is 2.81. The third-order valence-electron chi connectivity index (χ3n) is 5.50. The molecular weight excluding hydrogens is 400 g/mol. The van der Waals surface area contributed by atoms with Gasteiger partial charge in [0.1, 0.15) is 11.5 Å². The summed E-state index contributed by atoms with van der Waals surface area (Å²) in [5.74, 6) is 1.87. The number of ether oxygens (including phenoxy) is 1. The normalized spacial score (nSPS) is 15.5. The van der Waals surface area contributed by atoms with Gasteiger partial charge in [0.2, 0.25) is 0 Å². The molecule has 1 saturated heterocycles. The summed E-state index contributed by atoms with van der Waals surface area (Å²) in [5, 5.41) is 12.8. The fourth-order valence-electron chi connectivity index (χ4n) is 3.71. The van der Waals surface area contributed by atoms with Crippen LogP contribution in [0.15, 0.2) is 83.9 Å². The van der Waals surface area contributed by atoms with E-state index in [1.165, 1.54) is 5.56 Å². The second kappa shape index (κ2) is 10.8. The third-order valence-corrected chi connectivity index (χ3v) is 5.50. The van der Waals surface area contributed by atoms with E-state index in [2.05, 4.69) is 39.5 Å². The molecule has 0 radical (unpaired) electrons. The summed E-state index contributed by atoms with van der Waals surface area (Å²) in [6, 6.07) is 25.8. The third kappa shape index (κ3) is 6.57. The maximum Gasteiger partial charge on any atom is 0.193 e. The minimum absolute atomic E-state index is 0.135. The lowest BCUT2D eigenvalue weighted by atomic mass is 10.1. The van der Waals surface area contributed by atoms with E-state index in [1.54, 1.807) is 0 Å². The van der Waals surface area contributed by atoms with Crippen molar-refractivity contribution in [1.82, 2.24) is 4.90 Å². The highest BCUT2D eigenvalue weighted by Crippen LogP contribution is 2.23. The molecule has 1 fully saturated rings. The van der Waals surface area contributed by atoms with Crippen LogP contribution >= 0.6 is 0 Å². The van der Waals surface area contributed by atoms with Crippen LogP contribution in [0.1, 0.15) is 24.0 Å². The monoisotopic (exact) mass is 430 g/mol. The van der Waals surface area contributed by atoms with E-state index < -0.39 is 0 Å². The van der Waals surface area contributed by atoms with E-state index in [9.17, 15) is 5.11 Å². The lowest BCUT2D eigenvalue weighted by Crippen LogP contribution is -2.35. The largest absolute Gasteiger partial charge is 0.457 e. The van der Waals surface area contributed by atoms with E-state index in [0.29, 0.717) is 12.5 Å². The molecule has 1 aliphatic heterocycles. The minimum atomic E-state index is -0.135. The number of benzene rings is 3. The number of nitrogens with zero attached hydrogens (tertiary/aromatic N) is 2. The van der Waals surface area contributed by atoms with E-state index >= 15 is 0 Å². The van der Waals surface area contributed by atoms with E-state index in [0.717, 1.165) is 55.2 Å². The van der Waals surface area contributed by atoms with Crippen molar-refractivity contribution in [2.75, 3.05) is 18.4 Å². The summed E-state index contributed by atoms with van der Waals surface area (Å²) in [6.07, 6.45) is 1.59. The summed E-state index contributed by atoms with van der Waals surface area (Å²) in [6.45, 7) is 3.33. The van der Waals surface area contributed by atoms with Gasteiger partial charge in [-0.1, -0.05) is 48.5 Å². The van der Waals surface area contributed by atoms with Gasteiger partial charge in [0.05, 0.1) is 12.6 Å². The molecule has 0 bridgehead atoms. The molecule has 32 heavy (non-hydrogen) atoms. The second-order valence-corrected chi connectivity index (χ2v) is 8.09. The number of aliphatic hydroxyl groups excluding tert-OH is 1. The molecule has 0 aliphatic carbocycles. The number of aliphatic hydroxyl groups is 1. The highest BCUT2D eigenvalue weighted by molar-refractivity contribution is 5.92. The molecule has 0 spiro atoms. The van der Waals surface area contributed by atoms with Crippen molar-refractivity contribution in [3.05, 3.63) is 90.0 Å².